The smallest absolute Gasteiger partial charge is 0.341 e. The Bertz CT molecular complexity index is 651. The molecular weight excluding hydrogens is 276 g/mol. The van der Waals surface area contributed by atoms with E-state index < -0.39 is 0 Å². The van der Waals surface area contributed by atoms with Crippen molar-refractivity contribution in [3.05, 3.63) is 40.9 Å². The molecule has 1 aliphatic rings. The van der Waals surface area contributed by atoms with Gasteiger partial charge in [0.2, 0.25) is 5.00 Å². The van der Waals surface area contributed by atoms with Crippen LogP contribution < -0.4 is 15.6 Å². The van der Waals surface area contributed by atoms with Gasteiger partial charge in [-0.15, -0.1) is 4.91 Å². The van der Waals surface area contributed by atoms with Crippen molar-refractivity contribution in [3.63, 3.8) is 0 Å². The van der Waals surface area contributed by atoms with E-state index in [2.05, 4.69) is 20.8 Å². The lowest BCUT2D eigenvalue weighted by Crippen LogP contribution is -2.18. The number of nitrogens with zero attached hydrogens (tertiary/aromatic N) is 1. The number of rotatable bonds is 5. The highest BCUT2D eigenvalue weighted by atomic mass is 32.1. The summed E-state index contributed by atoms with van der Waals surface area (Å²) in [6.45, 7) is 0. The van der Waals surface area contributed by atoms with Crippen LogP contribution in [0.3, 0.4) is 0 Å². The second-order valence-electron chi connectivity index (χ2n) is 4.57. The SMILES string of the molecule is O=Nc1c[nH+]c(NC(=O)c2ccccc2NC2CC2)s1. The summed E-state index contributed by atoms with van der Waals surface area (Å²) in [5.41, 5.74) is 1.42. The molecule has 102 valence electrons. The standard InChI is InChI=1S/C13H12N4O2S/c18-12(16-13-14-7-11(17-19)20-13)9-3-1-2-4-10(9)15-8-5-6-8/h1-4,7-8,15H,5-6H2,(H,14,16,18)/p+1. The number of aromatic amines is 1. The van der Waals surface area contributed by atoms with Crippen LogP contribution in [0.2, 0.25) is 0 Å². The second kappa shape index (κ2) is 5.38. The van der Waals surface area contributed by atoms with Crippen molar-refractivity contribution in [3.8, 4) is 0 Å². The molecule has 3 rings (SSSR count). The van der Waals surface area contributed by atoms with E-state index in [1.165, 1.54) is 6.20 Å². The first-order valence-electron chi connectivity index (χ1n) is 6.28. The lowest BCUT2D eigenvalue weighted by atomic mass is 10.1. The van der Waals surface area contributed by atoms with Gasteiger partial charge in [-0.3, -0.25) is 0 Å². The summed E-state index contributed by atoms with van der Waals surface area (Å²) < 4.78 is 0. The molecule has 0 aliphatic heterocycles. The van der Waals surface area contributed by atoms with Crippen molar-refractivity contribution in [1.82, 2.24) is 0 Å². The number of hydrogen-bond donors (Lipinski definition) is 2. The Morgan fingerprint density at radius 3 is 2.85 bits per heavy atom. The first-order valence-corrected chi connectivity index (χ1v) is 7.09. The molecule has 0 unspecified atom stereocenters. The van der Waals surface area contributed by atoms with Gasteiger partial charge in [0.15, 0.2) is 0 Å². The number of anilines is 2. The number of hydrogen-bond acceptors (Lipinski definition) is 5. The number of nitrogens with one attached hydrogen (secondary N) is 3. The number of carbonyl (C=O) groups is 1. The third kappa shape index (κ3) is 2.83. The van der Waals surface area contributed by atoms with E-state index in [0.717, 1.165) is 29.9 Å². The van der Waals surface area contributed by atoms with Crippen molar-refractivity contribution in [2.45, 2.75) is 18.9 Å². The highest BCUT2D eigenvalue weighted by Gasteiger charge is 2.24. The molecule has 6 nitrogen and oxygen atoms in total. The second-order valence-corrected chi connectivity index (χ2v) is 5.60. The molecule has 7 heteroatoms. The quantitative estimate of drug-likeness (QED) is 0.830. The third-order valence-electron chi connectivity index (χ3n) is 2.96. The van der Waals surface area contributed by atoms with Crippen molar-refractivity contribution in [1.29, 1.82) is 0 Å². The van der Waals surface area contributed by atoms with E-state index in [4.69, 9.17) is 0 Å². The van der Waals surface area contributed by atoms with Crippen LogP contribution in [0.5, 0.6) is 0 Å². The minimum Gasteiger partial charge on any atom is -0.382 e. The number of para-hydroxylation sites is 1. The Balaban J connectivity index is 1.77. The van der Waals surface area contributed by atoms with E-state index in [-0.39, 0.29) is 5.91 Å². The zero-order valence-electron chi connectivity index (χ0n) is 10.6. The molecule has 0 bridgehead atoms. The number of carbonyl (C=O) groups excluding carboxylic acids is 1. The maximum absolute atomic E-state index is 12.3. The summed E-state index contributed by atoms with van der Waals surface area (Å²) >= 11 is 1.10. The van der Waals surface area contributed by atoms with Gasteiger partial charge in [0.05, 0.1) is 5.56 Å². The average molecular weight is 289 g/mol. The minimum atomic E-state index is -0.218. The zero-order valence-corrected chi connectivity index (χ0v) is 11.4. The lowest BCUT2D eigenvalue weighted by Gasteiger charge is -2.08. The van der Waals surface area contributed by atoms with E-state index in [0.29, 0.717) is 21.7 Å². The van der Waals surface area contributed by atoms with Crippen molar-refractivity contribution >= 4 is 33.1 Å². The molecule has 20 heavy (non-hydrogen) atoms. The van der Waals surface area contributed by atoms with Gasteiger partial charge in [-0.05, 0) is 41.5 Å². The normalized spacial score (nSPS) is 13.8. The first kappa shape index (κ1) is 12.7. The van der Waals surface area contributed by atoms with Crippen LogP contribution in [0.15, 0.2) is 35.6 Å². The van der Waals surface area contributed by atoms with Crippen molar-refractivity contribution < 1.29 is 9.78 Å². The van der Waals surface area contributed by atoms with E-state index >= 15 is 0 Å². The van der Waals surface area contributed by atoms with Crippen LogP contribution >= 0.6 is 11.3 Å². The Morgan fingerprint density at radius 1 is 1.35 bits per heavy atom. The van der Waals surface area contributed by atoms with E-state index in [1.54, 1.807) is 6.07 Å². The largest absolute Gasteiger partial charge is 0.382 e. The molecule has 1 heterocycles. The molecule has 0 radical (unpaired) electrons. The van der Waals surface area contributed by atoms with Gasteiger partial charge in [0.25, 0.3) is 0 Å². The number of H-pyrrole nitrogens is 1. The molecule has 1 amide bonds. The monoisotopic (exact) mass is 289 g/mol. The Labute approximate surface area is 119 Å². The number of thiazole rings is 1. The third-order valence-corrected chi connectivity index (χ3v) is 3.78. The highest BCUT2D eigenvalue weighted by molar-refractivity contribution is 7.18. The van der Waals surface area contributed by atoms with Gasteiger partial charge >= 0.3 is 11.0 Å². The maximum Gasteiger partial charge on any atom is 0.341 e. The molecule has 0 saturated heterocycles. The van der Waals surface area contributed by atoms with E-state index in [1.807, 2.05) is 18.2 Å². The molecule has 2 aromatic rings. The van der Waals surface area contributed by atoms with Crippen LogP contribution in [0.4, 0.5) is 15.8 Å². The van der Waals surface area contributed by atoms with Gasteiger partial charge in [0, 0.05) is 11.7 Å². The molecule has 0 spiro atoms. The predicted octanol–water partition coefficient (Wildman–Crippen LogP) is 2.79. The molecule has 0 atom stereocenters. The fourth-order valence-corrected chi connectivity index (χ4v) is 2.45. The van der Waals surface area contributed by atoms with Crippen LogP contribution in [0, 0.1) is 4.91 Å². The molecule has 1 aromatic heterocycles. The Hall–Kier alpha value is -2.28. The van der Waals surface area contributed by atoms with Crippen LogP contribution in [0.1, 0.15) is 23.2 Å². The summed E-state index contributed by atoms with van der Waals surface area (Å²) in [6.07, 6.45) is 3.74. The summed E-state index contributed by atoms with van der Waals surface area (Å²) in [7, 11) is 0. The number of benzene rings is 1. The number of nitroso groups, excluding NO2 is 1. The average Bonchev–Trinajstić information content (AvgIpc) is 3.16. The predicted molar refractivity (Wildman–Crippen MR) is 77.4 cm³/mol. The minimum absolute atomic E-state index is 0.218. The molecule has 3 N–H and O–H groups in total. The van der Waals surface area contributed by atoms with Gasteiger partial charge in [-0.25, -0.2) is 9.78 Å². The zero-order chi connectivity index (χ0) is 13.9. The van der Waals surface area contributed by atoms with Crippen molar-refractivity contribution in [2.75, 3.05) is 10.6 Å². The maximum atomic E-state index is 12.3. The van der Waals surface area contributed by atoms with Gasteiger partial charge in [0.1, 0.15) is 6.20 Å². The summed E-state index contributed by atoms with van der Waals surface area (Å²) in [4.78, 5) is 25.4. The first-order chi connectivity index (χ1) is 9.76. The molecule has 1 fully saturated rings. The van der Waals surface area contributed by atoms with E-state index in [9.17, 15) is 9.70 Å². The Morgan fingerprint density at radius 2 is 2.15 bits per heavy atom. The van der Waals surface area contributed by atoms with Crippen LogP contribution in [-0.2, 0) is 0 Å². The fraction of sp³-hybridized carbons (Fsp3) is 0.231. The summed E-state index contributed by atoms with van der Waals surface area (Å²) in [6, 6.07) is 7.86. The molecule has 1 aromatic carbocycles. The van der Waals surface area contributed by atoms with Gasteiger partial charge in [-0.1, -0.05) is 12.1 Å². The lowest BCUT2D eigenvalue weighted by molar-refractivity contribution is -0.353. The van der Waals surface area contributed by atoms with Gasteiger partial charge < -0.3 is 5.32 Å². The molecule has 1 saturated carbocycles. The molecular formula is C13H13N4O2S+. The van der Waals surface area contributed by atoms with Crippen molar-refractivity contribution in [2.24, 2.45) is 5.18 Å². The Kier molecular flexibility index (Phi) is 3.42. The van der Waals surface area contributed by atoms with Crippen LogP contribution in [0.25, 0.3) is 0 Å². The number of aromatic nitrogens is 1. The fourth-order valence-electron chi connectivity index (χ4n) is 1.82. The summed E-state index contributed by atoms with van der Waals surface area (Å²) in [5, 5.41) is 9.66. The van der Waals surface area contributed by atoms with Gasteiger partial charge in [-0.2, -0.15) is 5.32 Å². The topological polar surface area (TPSA) is 84.7 Å². The van der Waals surface area contributed by atoms with Crippen LogP contribution in [-0.4, -0.2) is 11.9 Å². The highest BCUT2D eigenvalue weighted by Crippen LogP contribution is 2.28. The summed E-state index contributed by atoms with van der Waals surface area (Å²) in [5.74, 6) is -0.218. The molecule has 1 aliphatic carbocycles. The number of amides is 1.